The summed E-state index contributed by atoms with van der Waals surface area (Å²) < 4.78 is 0. The minimum Gasteiger partial charge on any atom is -0.339 e. The molecule has 0 atom stereocenters. The predicted octanol–water partition coefficient (Wildman–Crippen LogP) is 0.992. The third-order valence-electron chi connectivity index (χ3n) is 2.81. The van der Waals surface area contributed by atoms with Crippen molar-refractivity contribution < 1.29 is 9.59 Å². The van der Waals surface area contributed by atoms with E-state index in [-0.39, 0.29) is 16.8 Å². The molecule has 1 aromatic rings. The first-order valence-corrected chi connectivity index (χ1v) is 6.96. The molecule has 5 heteroatoms. The van der Waals surface area contributed by atoms with Crippen molar-refractivity contribution in [1.82, 2.24) is 10.2 Å². The third kappa shape index (κ3) is 3.58. The van der Waals surface area contributed by atoms with Gasteiger partial charge in [0.15, 0.2) is 0 Å². The second-order valence-corrected chi connectivity index (χ2v) is 5.02. The fourth-order valence-corrected chi connectivity index (χ4v) is 2.53. The number of piperazine rings is 1. The summed E-state index contributed by atoms with van der Waals surface area (Å²) in [6.45, 7) is 3.14. The first-order chi connectivity index (χ1) is 8.77. The molecule has 1 heterocycles. The van der Waals surface area contributed by atoms with E-state index in [2.05, 4.69) is 5.32 Å². The van der Waals surface area contributed by atoms with Gasteiger partial charge in [0.05, 0.1) is 5.75 Å². The van der Waals surface area contributed by atoms with Crippen LogP contribution < -0.4 is 5.32 Å². The van der Waals surface area contributed by atoms with Crippen LogP contribution in [-0.4, -0.2) is 47.9 Å². The highest BCUT2D eigenvalue weighted by Crippen LogP contribution is 2.12. The smallest absolute Gasteiger partial charge is 0.233 e. The van der Waals surface area contributed by atoms with E-state index in [1.165, 1.54) is 0 Å². The van der Waals surface area contributed by atoms with E-state index in [0.29, 0.717) is 5.56 Å². The van der Waals surface area contributed by atoms with Crippen LogP contribution in [0, 0.1) is 0 Å². The molecule has 0 spiro atoms. The van der Waals surface area contributed by atoms with Gasteiger partial charge >= 0.3 is 0 Å². The maximum absolute atomic E-state index is 11.9. The van der Waals surface area contributed by atoms with Crippen molar-refractivity contribution in [3.8, 4) is 0 Å². The van der Waals surface area contributed by atoms with Gasteiger partial charge in [-0.05, 0) is 0 Å². The Kier molecular flexibility index (Phi) is 4.78. The molecule has 1 fully saturated rings. The number of rotatable bonds is 3. The molecule has 2 rings (SSSR count). The fourth-order valence-electron chi connectivity index (χ4n) is 1.79. The molecule has 0 aliphatic carbocycles. The third-order valence-corrected chi connectivity index (χ3v) is 3.70. The second-order valence-electron chi connectivity index (χ2n) is 4.07. The van der Waals surface area contributed by atoms with Gasteiger partial charge in [-0.3, -0.25) is 9.59 Å². The zero-order valence-electron chi connectivity index (χ0n) is 10.1. The molecule has 96 valence electrons. The molecule has 18 heavy (non-hydrogen) atoms. The highest BCUT2D eigenvalue weighted by molar-refractivity contribution is 8.14. The molecule has 0 bridgehead atoms. The van der Waals surface area contributed by atoms with E-state index in [1.807, 2.05) is 23.1 Å². The van der Waals surface area contributed by atoms with Gasteiger partial charge in [-0.25, -0.2) is 0 Å². The number of benzene rings is 1. The van der Waals surface area contributed by atoms with Crippen molar-refractivity contribution in [3.63, 3.8) is 0 Å². The van der Waals surface area contributed by atoms with E-state index in [0.717, 1.165) is 37.9 Å². The van der Waals surface area contributed by atoms with Gasteiger partial charge in [-0.2, -0.15) is 0 Å². The van der Waals surface area contributed by atoms with Crippen LogP contribution in [0.5, 0.6) is 0 Å². The molecule has 1 saturated heterocycles. The predicted molar refractivity (Wildman–Crippen MR) is 72.7 cm³/mol. The van der Waals surface area contributed by atoms with Gasteiger partial charge in [-0.1, -0.05) is 42.1 Å². The van der Waals surface area contributed by atoms with Crippen molar-refractivity contribution in [1.29, 1.82) is 0 Å². The van der Waals surface area contributed by atoms with Gasteiger partial charge in [0.25, 0.3) is 0 Å². The van der Waals surface area contributed by atoms with Gasteiger partial charge in [0.2, 0.25) is 11.0 Å². The Morgan fingerprint density at radius 3 is 2.50 bits per heavy atom. The molecule has 1 aliphatic rings. The normalized spacial score (nSPS) is 15.4. The maximum Gasteiger partial charge on any atom is 0.233 e. The summed E-state index contributed by atoms with van der Waals surface area (Å²) in [5.41, 5.74) is 0.649. The van der Waals surface area contributed by atoms with Crippen LogP contribution in [0.4, 0.5) is 0 Å². The van der Waals surface area contributed by atoms with Crippen LogP contribution in [0.3, 0.4) is 0 Å². The van der Waals surface area contributed by atoms with Crippen LogP contribution in [0.1, 0.15) is 10.4 Å². The van der Waals surface area contributed by atoms with Gasteiger partial charge in [0, 0.05) is 31.7 Å². The highest BCUT2D eigenvalue weighted by atomic mass is 32.2. The first-order valence-electron chi connectivity index (χ1n) is 5.98. The molecule has 1 aromatic carbocycles. The molecule has 1 N–H and O–H groups in total. The van der Waals surface area contributed by atoms with Gasteiger partial charge < -0.3 is 10.2 Å². The van der Waals surface area contributed by atoms with Crippen LogP contribution in [0.25, 0.3) is 0 Å². The SMILES string of the molecule is O=C(SCC(=O)N1CCNCC1)c1ccccc1. The summed E-state index contributed by atoms with van der Waals surface area (Å²) in [7, 11) is 0. The number of amides is 1. The standard InChI is InChI=1S/C13H16N2O2S/c16-12(15-8-6-14-7-9-15)10-18-13(17)11-4-2-1-3-5-11/h1-5,14H,6-10H2. The fraction of sp³-hybridized carbons (Fsp3) is 0.385. The summed E-state index contributed by atoms with van der Waals surface area (Å²) >= 11 is 1.08. The number of hydrogen-bond acceptors (Lipinski definition) is 4. The van der Waals surface area contributed by atoms with Crippen molar-refractivity contribution in [2.24, 2.45) is 0 Å². The van der Waals surface area contributed by atoms with Gasteiger partial charge in [-0.15, -0.1) is 0 Å². The molecule has 1 aliphatic heterocycles. The monoisotopic (exact) mass is 264 g/mol. The van der Waals surface area contributed by atoms with Crippen molar-refractivity contribution >= 4 is 22.8 Å². The lowest BCUT2D eigenvalue weighted by Gasteiger charge is -2.27. The zero-order chi connectivity index (χ0) is 12.8. The van der Waals surface area contributed by atoms with Gasteiger partial charge in [0.1, 0.15) is 0 Å². The Morgan fingerprint density at radius 2 is 1.83 bits per heavy atom. The second kappa shape index (κ2) is 6.56. The number of nitrogens with zero attached hydrogens (tertiary/aromatic N) is 1. The van der Waals surface area contributed by atoms with E-state index < -0.39 is 0 Å². The number of thioether (sulfide) groups is 1. The topological polar surface area (TPSA) is 49.4 Å². The Morgan fingerprint density at radius 1 is 1.17 bits per heavy atom. The minimum atomic E-state index is -0.0425. The molecule has 0 radical (unpaired) electrons. The summed E-state index contributed by atoms with van der Waals surface area (Å²) in [6, 6.07) is 9.06. The van der Waals surface area contributed by atoms with E-state index in [9.17, 15) is 9.59 Å². The van der Waals surface area contributed by atoms with Crippen LogP contribution >= 0.6 is 11.8 Å². The van der Waals surface area contributed by atoms with E-state index in [1.54, 1.807) is 12.1 Å². The number of nitrogens with one attached hydrogen (secondary N) is 1. The lowest BCUT2D eigenvalue weighted by atomic mass is 10.2. The average Bonchev–Trinajstić information content (AvgIpc) is 2.46. The summed E-state index contributed by atoms with van der Waals surface area (Å²) in [6.07, 6.45) is 0. The van der Waals surface area contributed by atoms with E-state index >= 15 is 0 Å². The van der Waals surface area contributed by atoms with E-state index in [4.69, 9.17) is 0 Å². The Balaban J connectivity index is 1.80. The first kappa shape index (κ1) is 13.1. The zero-order valence-corrected chi connectivity index (χ0v) is 10.9. The van der Waals surface area contributed by atoms with Crippen molar-refractivity contribution in [2.45, 2.75) is 0 Å². The molecule has 4 nitrogen and oxygen atoms in total. The number of carbonyl (C=O) groups excluding carboxylic acids is 2. The Labute approximate surface area is 111 Å². The molecule has 0 saturated carbocycles. The quantitative estimate of drug-likeness (QED) is 0.884. The molecule has 0 unspecified atom stereocenters. The summed E-state index contributed by atoms with van der Waals surface area (Å²) in [5, 5.41) is 3.15. The maximum atomic E-state index is 11.9. The molecular formula is C13H16N2O2S. The van der Waals surface area contributed by atoms with Crippen LogP contribution in [-0.2, 0) is 4.79 Å². The largest absolute Gasteiger partial charge is 0.339 e. The minimum absolute atomic E-state index is 0.0425. The molecule has 0 aromatic heterocycles. The summed E-state index contributed by atoms with van der Waals surface area (Å²) in [4.78, 5) is 25.5. The van der Waals surface area contributed by atoms with Crippen molar-refractivity contribution in [3.05, 3.63) is 35.9 Å². The van der Waals surface area contributed by atoms with Crippen LogP contribution in [0.2, 0.25) is 0 Å². The Bertz CT molecular complexity index is 416. The highest BCUT2D eigenvalue weighted by Gasteiger charge is 2.17. The van der Waals surface area contributed by atoms with Crippen LogP contribution in [0.15, 0.2) is 30.3 Å². The lowest BCUT2D eigenvalue weighted by Crippen LogP contribution is -2.47. The number of carbonyl (C=O) groups is 2. The summed E-state index contributed by atoms with van der Waals surface area (Å²) in [5.74, 6) is 0.277. The molecule has 1 amide bonds. The average molecular weight is 264 g/mol. The molecular weight excluding hydrogens is 248 g/mol. The Hall–Kier alpha value is -1.33. The lowest BCUT2D eigenvalue weighted by molar-refractivity contribution is -0.128. The van der Waals surface area contributed by atoms with Crippen molar-refractivity contribution in [2.75, 3.05) is 31.9 Å². The number of hydrogen-bond donors (Lipinski definition) is 1.